The summed E-state index contributed by atoms with van der Waals surface area (Å²) in [4.78, 5) is 8.90. The Bertz CT molecular complexity index is 657. The van der Waals surface area contributed by atoms with Gasteiger partial charge in [0.15, 0.2) is 5.82 Å². The maximum atomic E-state index is 6.02. The molecule has 1 fully saturated rings. The highest BCUT2D eigenvalue weighted by Crippen LogP contribution is 2.44. The predicted molar refractivity (Wildman–Crippen MR) is 81.6 cm³/mol. The molecule has 3 rings (SSSR count). The molecule has 1 aromatic heterocycles. The van der Waals surface area contributed by atoms with E-state index < -0.39 is 0 Å². The molecule has 3 nitrogen and oxygen atoms in total. The molecule has 1 aliphatic rings. The average Bonchev–Trinajstić information content (AvgIpc) is 3.20. The standard InChI is InChI=1S/C13H10BrCl2N3/c14-10-11(6-1-2-6)18-13(19-12(10)17)7-3-4-8(15)9(16)5-7/h3-6H,1-2H2,(H2,17,18,19). The van der Waals surface area contributed by atoms with Crippen molar-refractivity contribution in [3.8, 4) is 11.4 Å². The van der Waals surface area contributed by atoms with Crippen molar-refractivity contribution in [2.24, 2.45) is 0 Å². The van der Waals surface area contributed by atoms with Gasteiger partial charge in [0.25, 0.3) is 0 Å². The van der Waals surface area contributed by atoms with Crippen LogP contribution >= 0.6 is 39.1 Å². The lowest BCUT2D eigenvalue weighted by Crippen LogP contribution is -2.02. The molecular formula is C13H10BrCl2N3. The minimum atomic E-state index is 0.456. The Hall–Kier alpha value is -0.840. The highest BCUT2D eigenvalue weighted by molar-refractivity contribution is 9.10. The third-order valence-corrected chi connectivity index (χ3v) is 4.60. The van der Waals surface area contributed by atoms with Gasteiger partial charge in [0, 0.05) is 11.5 Å². The summed E-state index contributed by atoms with van der Waals surface area (Å²) in [5, 5.41) is 0.996. The highest BCUT2D eigenvalue weighted by Gasteiger charge is 2.29. The molecule has 0 atom stereocenters. The van der Waals surface area contributed by atoms with Crippen LogP contribution in [0.15, 0.2) is 22.7 Å². The molecule has 0 aliphatic heterocycles. The number of hydrogen-bond acceptors (Lipinski definition) is 3. The van der Waals surface area contributed by atoms with E-state index in [9.17, 15) is 0 Å². The number of nitrogen functional groups attached to an aromatic ring is 1. The lowest BCUT2D eigenvalue weighted by atomic mass is 10.2. The topological polar surface area (TPSA) is 51.8 Å². The monoisotopic (exact) mass is 357 g/mol. The molecule has 19 heavy (non-hydrogen) atoms. The van der Waals surface area contributed by atoms with Gasteiger partial charge in [-0.25, -0.2) is 9.97 Å². The number of benzene rings is 1. The van der Waals surface area contributed by atoms with E-state index in [4.69, 9.17) is 28.9 Å². The Morgan fingerprint density at radius 3 is 2.53 bits per heavy atom. The van der Waals surface area contributed by atoms with E-state index in [-0.39, 0.29) is 0 Å². The largest absolute Gasteiger partial charge is 0.383 e. The van der Waals surface area contributed by atoms with Crippen LogP contribution in [-0.2, 0) is 0 Å². The van der Waals surface area contributed by atoms with Crippen LogP contribution < -0.4 is 5.73 Å². The normalized spacial score (nSPS) is 14.7. The van der Waals surface area contributed by atoms with E-state index >= 15 is 0 Å². The second-order valence-corrected chi connectivity index (χ2v) is 6.14. The summed E-state index contributed by atoms with van der Waals surface area (Å²) < 4.78 is 0.804. The molecule has 0 amide bonds. The molecule has 1 aliphatic carbocycles. The average molecular weight is 359 g/mol. The van der Waals surface area contributed by atoms with Crippen LogP contribution in [0.3, 0.4) is 0 Å². The van der Waals surface area contributed by atoms with E-state index in [1.807, 2.05) is 6.07 Å². The molecule has 0 radical (unpaired) electrons. The fourth-order valence-corrected chi connectivity index (χ4v) is 2.67. The Kier molecular flexibility index (Phi) is 3.41. The molecule has 1 aromatic carbocycles. The minimum Gasteiger partial charge on any atom is -0.383 e. The molecule has 0 spiro atoms. The lowest BCUT2D eigenvalue weighted by molar-refractivity contribution is 0.984. The molecule has 2 N–H and O–H groups in total. The fraction of sp³-hybridized carbons (Fsp3) is 0.231. The van der Waals surface area contributed by atoms with Crippen molar-refractivity contribution in [2.45, 2.75) is 18.8 Å². The number of hydrogen-bond donors (Lipinski definition) is 1. The summed E-state index contributed by atoms with van der Waals surface area (Å²) in [5.41, 5.74) is 7.73. The van der Waals surface area contributed by atoms with Gasteiger partial charge in [0.2, 0.25) is 0 Å². The Morgan fingerprint density at radius 2 is 1.89 bits per heavy atom. The second kappa shape index (κ2) is 4.93. The van der Waals surface area contributed by atoms with Gasteiger partial charge in [0.1, 0.15) is 5.82 Å². The molecule has 0 unspecified atom stereocenters. The molecule has 6 heteroatoms. The van der Waals surface area contributed by atoms with Crippen LogP contribution in [-0.4, -0.2) is 9.97 Å². The Labute approximate surface area is 129 Å². The van der Waals surface area contributed by atoms with Crippen molar-refractivity contribution in [1.29, 1.82) is 0 Å². The van der Waals surface area contributed by atoms with E-state index in [2.05, 4.69) is 25.9 Å². The van der Waals surface area contributed by atoms with E-state index in [1.165, 1.54) is 0 Å². The van der Waals surface area contributed by atoms with Gasteiger partial charge in [0.05, 0.1) is 20.2 Å². The van der Waals surface area contributed by atoms with Gasteiger partial charge in [-0.1, -0.05) is 23.2 Å². The smallest absolute Gasteiger partial charge is 0.161 e. The maximum Gasteiger partial charge on any atom is 0.161 e. The number of nitrogens with zero attached hydrogens (tertiary/aromatic N) is 2. The number of aromatic nitrogens is 2. The molecule has 98 valence electrons. The van der Waals surface area contributed by atoms with Gasteiger partial charge >= 0.3 is 0 Å². The van der Waals surface area contributed by atoms with Gasteiger partial charge in [-0.2, -0.15) is 0 Å². The summed E-state index contributed by atoms with van der Waals surface area (Å²) >= 11 is 15.4. The SMILES string of the molecule is Nc1nc(-c2ccc(Cl)c(Cl)c2)nc(C2CC2)c1Br. The first-order chi connectivity index (χ1) is 9.06. The van der Waals surface area contributed by atoms with Crippen molar-refractivity contribution in [3.05, 3.63) is 38.4 Å². The quantitative estimate of drug-likeness (QED) is 0.848. The third-order valence-electron chi connectivity index (χ3n) is 3.04. The Morgan fingerprint density at radius 1 is 1.16 bits per heavy atom. The molecule has 2 aromatic rings. The zero-order valence-electron chi connectivity index (χ0n) is 9.83. The first-order valence-corrected chi connectivity index (χ1v) is 7.39. The summed E-state index contributed by atoms with van der Waals surface area (Å²) in [6.07, 6.45) is 2.30. The number of rotatable bonds is 2. The summed E-state index contributed by atoms with van der Waals surface area (Å²) in [7, 11) is 0. The van der Waals surface area contributed by atoms with Crippen LogP contribution in [0, 0.1) is 0 Å². The second-order valence-electron chi connectivity index (χ2n) is 4.53. The van der Waals surface area contributed by atoms with Gasteiger partial charge in [-0.3, -0.25) is 0 Å². The molecular weight excluding hydrogens is 349 g/mol. The molecule has 1 heterocycles. The molecule has 1 saturated carbocycles. The Balaban J connectivity index is 2.11. The van der Waals surface area contributed by atoms with E-state index in [1.54, 1.807) is 12.1 Å². The third kappa shape index (κ3) is 2.57. The van der Waals surface area contributed by atoms with Crippen molar-refractivity contribution < 1.29 is 0 Å². The number of anilines is 1. The van der Waals surface area contributed by atoms with Crippen LogP contribution in [0.25, 0.3) is 11.4 Å². The first kappa shape index (κ1) is 13.2. The van der Waals surface area contributed by atoms with Crippen LogP contribution in [0.5, 0.6) is 0 Å². The van der Waals surface area contributed by atoms with Gasteiger partial charge in [-0.05, 0) is 47.0 Å². The van der Waals surface area contributed by atoms with Crippen molar-refractivity contribution in [3.63, 3.8) is 0 Å². The molecule has 0 saturated heterocycles. The highest BCUT2D eigenvalue weighted by atomic mass is 79.9. The minimum absolute atomic E-state index is 0.456. The van der Waals surface area contributed by atoms with E-state index in [0.29, 0.717) is 27.6 Å². The van der Waals surface area contributed by atoms with Crippen molar-refractivity contribution in [1.82, 2.24) is 9.97 Å². The van der Waals surface area contributed by atoms with E-state index in [0.717, 1.165) is 28.6 Å². The van der Waals surface area contributed by atoms with Crippen LogP contribution in [0.2, 0.25) is 10.0 Å². The fourth-order valence-electron chi connectivity index (χ4n) is 1.87. The van der Waals surface area contributed by atoms with Crippen molar-refractivity contribution in [2.75, 3.05) is 5.73 Å². The van der Waals surface area contributed by atoms with Gasteiger partial charge in [-0.15, -0.1) is 0 Å². The van der Waals surface area contributed by atoms with Crippen molar-refractivity contribution >= 4 is 44.9 Å². The van der Waals surface area contributed by atoms with Crippen LogP contribution in [0.1, 0.15) is 24.5 Å². The number of nitrogens with two attached hydrogens (primary N) is 1. The van der Waals surface area contributed by atoms with Gasteiger partial charge < -0.3 is 5.73 Å². The zero-order valence-corrected chi connectivity index (χ0v) is 12.9. The summed E-state index contributed by atoms with van der Waals surface area (Å²) in [6.45, 7) is 0. The first-order valence-electron chi connectivity index (χ1n) is 5.84. The lowest BCUT2D eigenvalue weighted by Gasteiger charge is -2.09. The molecule has 0 bridgehead atoms. The van der Waals surface area contributed by atoms with Crippen LogP contribution in [0.4, 0.5) is 5.82 Å². The predicted octanol–water partition coefficient (Wildman–Crippen LogP) is 4.67. The summed E-state index contributed by atoms with van der Waals surface area (Å²) in [6, 6.07) is 5.33. The summed E-state index contributed by atoms with van der Waals surface area (Å²) in [5.74, 6) is 1.53. The zero-order chi connectivity index (χ0) is 13.6. The number of halogens is 3. The maximum absolute atomic E-state index is 6.02.